The third kappa shape index (κ3) is 4.24. The van der Waals surface area contributed by atoms with Crippen LogP contribution in [0.4, 0.5) is 0 Å². The van der Waals surface area contributed by atoms with Crippen LogP contribution in [0.2, 0.25) is 5.02 Å². The molecule has 0 saturated carbocycles. The lowest BCUT2D eigenvalue weighted by Gasteiger charge is -2.41. The quantitative estimate of drug-likeness (QED) is 0.664. The third-order valence-corrected chi connectivity index (χ3v) is 5.45. The molecule has 1 amide bonds. The minimum atomic E-state index is -1.29. The maximum atomic E-state index is 13.5. The Bertz CT molecular complexity index is 972. The number of carbonyl (C=O) groups excluding carboxylic acids is 2. The van der Waals surface area contributed by atoms with Crippen LogP contribution in [0.5, 0.6) is 11.5 Å². The topological polar surface area (TPSA) is 65.1 Å². The van der Waals surface area contributed by atoms with Gasteiger partial charge < -0.3 is 19.1 Å². The van der Waals surface area contributed by atoms with Crippen LogP contribution in [0, 0.1) is 0 Å². The van der Waals surface area contributed by atoms with E-state index in [1.807, 2.05) is 30.3 Å². The van der Waals surface area contributed by atoms with Crippen LogP contribution in [-0.2, 0) is 20.7 Å². The van der Waals surface area contributed by atoms with Gasteiger partial charge in [-0.05, 0) is 61.2 Å². The summed E-state index contributed by atoms with van der Waals surface area (Å²) in [6.07, 6.45) is 0.634. The highest BCUT2D eigenvalue weighted by Crippen LogP contribution is 2.42. The van der Waals surface area contributed by atoms with Crippen LogP contribution in [-0.4, -0.2) is 43.1 Å². The Morgan fingerprint density at radius 1 is 1.10 bits per heavy atom. The van der Waals surface area contributed by atoms with Crippen molar-refractivity contribution in [2.75, 3.05) is 20.8 Å². The van der Waals surface area contributed by atoms with Gasteiger partial charge in [-0.15, -0.1) is 0 Å². The first kappa shape index (κ1) is 22.0. The third-order valence-electron chi connectivity index (χ3n) is 5.21. The Morgan fingerprint density at radius 2 is 1.77 bits per heavy atom. The second-order valence-electron chi connectivity index (χ2n) is 7.72. The van der Waals surface area contributed by atoms with Crippen molar-refractivity contribution in [3.8, 4) is 11.5 Å². The van der Waals surface area contributed by atoms with Gasteiger partial charge in [-0.2, -0.15) is 0 Å². The van der Waals surface area contributed by atoms with Crippen molar-refractivity contribution in [2.45, 2.75) is 38.8 Å². The van der Waals surface area contributed by atoms with Gasteiger partial charge in [0.1, 0.15) is 0 Å². The van der Waals surface area contributed by atoms with E-state index >= 15 is 0 Å². The fourth-order valence-electron chi connectivity index (χ4n) is 3.95. The Morgan fingerprint density at radius 3 is 2.37 bits per heavy atom. The molecule has 0 N–H and O–H groups in total. The van der Waals surface area contributed by atoms with E-state index in [-0.39, 0.29) is 5.91 Å². The number of nitrogens with zero attached hydrogens (tertiary/aromatic N) is 1. The SMILES string of the molecule is COc1cc2c(cc1OC)[C@H](c1cccc(Cl)c1)N(C(=O)C(C)(C)OC(C)=O)CC2. The number of ether oxygens (including phenoxy) is 3. The molecule has 0 aromatic heterocycles. The van der Waals surface area contributed by atoms with E-state index in [2.05, 4.69) is 0 Å². The van der Waals surface area contributed by atoms with Gasteiger partial charge in [0.2, 0.25) is 0 Å². The molecule has 2 aromatic carbocycles. The lowest BCUT2D eigenvalue weighted by molar-refractivity contribution is -0.169. The Balaban J connectivity index is 2.15. The summed E-state index contributed by atoms with van der Waals surface area (Å²) in [4.78, 5) is 26.8. The molecule has 2 aromatic rings. The molecule has 0 spiro atoms. The summed E-state index contributed by atoms with van der Waals surface area (Å²) in [7, 11) is 3.17. The Hall–Kier alpha value is -2.73. The smallest absolute Gasteiger partial charge is 0.303 e. The first-order chi connectivity index (χ1) is 14.2. The zero-order valence-electron chi connectivity index (χ0n) is 17.8. The molecule has 1 heterocycles. The highest BCUT2D eigenvalue weighted by Gasteiger charge is 2.41. The second kappa shape index (κ2) is 8.56. The number of fused-ring (bicyclic) bond motifs is 1. The van der Waals surface area contributed by atoms with E-state index < -0.39 is 17.6 Å². The summed E-state index contributed by atoms with van der Waals surface area (Å²) >= 11 is 6.27. The maximum Gasteiger partial charge on any atom is 0.303 e. The van der Waals surface area contributed by atoms with Crippen molar-refractivity contribution < 1.29 is 23.8 Å². The van der Waals surface area contributed by atoms with Gasteiger partial charge in [-0.3, -0.25) is 9.59 Å². The zero-order valence-corrected chi connectivity index (χ0v) is 18.6. The maximum absolute atomic E-state index is 13.5. The lowest BCUT2D eigenvalue weighted by Crippen LogP contribution is -2.51. The molecule has 1 atom stereocenters. The van der Waals surface area contributed by atoms with E-state index in [0.717, 1.165) is 16.7 Å². The molecule has 0 aliphatic carbocycles. The number of carbonyl (C=O) groups is 2. The summed E-state index contributed by atoms with van der Waals surface area (Å²) in [6, 6.07) is 10.9. The first-order valence-corrected chi connectivity index (χ1v) is 10.1. The van der Waals surface area contributed by atoms with Crippen molar-refractivity contribution in [3.05, 3.63) is 58.1 Å². The van der Waals surface area contributed by atoms with Gasteiger partial charge in [-0.25, -0.2) is 0 Å². The number of amides is 1. The minimum Gasteiger partial charge on any atom is -0.493 e. The number of benzene rings is 2. The molecule has 0 saturated heterocycles. The van der Waals surface area contributed by atoms with Gasteiger partial charge in [0.15, 0.2) is 17.1 Å². The average Bonchev–Trinajstić information content (AvgIpc) is 2.70. The molecule has 0 bridgehead atoms. The summed E-state index contributed by atoms with van der Waals surface area (Å²) in [5.74, 6) is 0.442. The van der Waals surface area contributed by atoms with Crippen molar-refractivity contribution in [1.82, 2.24) is 4.90 Å². The predicted molar refractivity (Wildman–Crippen MR) is 114 cm³/mol. The highest BCUT2D eigenvalue weighted by molar-refractivity contribution is 6.30. The number of methoxy groups -OCH3 is 2. The van der Waals surface area contributed by atoms with Crippen molar-refractivity contribution >= 4 is 23.5 Å². The Labute approximate surface area is 181 Å². The van der Waals surface area contributed by atoms with Crippen molar-refractivity contribution in [3.63, 3.8) is 0 Å². The molecule has 1 aliphatic heterocycles. The number of hydrogen-bond donors (Lipinski definition) is 0. The molecular weight excluding hydrogens is 406 g/mol. The van der Waals surface area contributed by atoms with Gasteiger partial charge in [0.05, 0.1) is 20.3 Å². The summed E-state index contributed by atoms with van der Waals surface area (Å²) in [5, 5.41) is 0.576. The normalized spacial score (nSPS) is 15.9. The highest BCUT2D eigenvalue weighted by atomic mass is 35.5. The average molecular weight is 432 g/mol. The number of hydrogen-bond acceptors (Lipinski definition) is 5. The molecule has 0 fully saturated rings. The summed E-state index contributed by atoms with van der Waals surface area (Å²) < 4.78 is 16.3. The molecule has 0 radical (unpaired) electrons. The lowest BCUT2D eigenvalue weighted by atomic mass is 9.86. The van der Waals surface area contributed by atoms with Crippen LogP contribution in [0.3, 0.4) is 0 Å². The minimum absolute atomic E-state index is 0.275. The van der Waals surface area contributed by atoms with Crippen LogP contribution in [0.1, 0.15) is 43.5 Å². The van der Waals surface area contributed by atoms with Gasteiger partial charge in [0, 0.05) is 18.5 Å². The molecule has 1 aliphatic rings. The van der Waals surface area contributed by atoms with Gasteiger partial charge in [-0.1, -0.05) is 23.7 Å². The molecule has 7 heteroatoms. The van der Waals surface area contributed by atoms with E-state index in [4.69, 9.17) is 25.8 Å². The molecule has 0 unspecified atom stereocenters. The first-order valence-electron chi connectivity index (χ1n) is 9.69. The number of rotatable bonds is 5. The van der Waals surface area contributed by atoms with Crippen LogP contribution in [0.15, 0.2) is 36.4 Å². The molecular formula is C23H26ClNO5. The van der Waals surface area contributed by atoms with Crippen molar-refractivity contribution in [2.24, 2.45) is 0 Å². The van der Waals surface area contributed by atoms with Crippen LogP contribution in [0.25, 0.3) is 0 Å². The van der Waals surface area contributed by atoms with Gasteiger partial charge in [0.25, 0.3) is 5.91 Å². The van der Waals surface area contributed by atoms with E-state index in [9.17, 15) is 9.59 Å². The molecule has 6 nitrogen and oxygen atoms in total. The zero-order chi connectivity index (χ0) is 22.1. The monoisotopic (exact) mass is 431 g/mol. The van der Waals surface area contributed by atoms with E-state index in [0.29, 0.717) is 29.5 Å². The molecule has 160 valence electrons. The van der Waals surface area contributed by atoms with Crippen LogP contribution < -0.4 is 9.47 Å². The predicted octanol–water partition coefficient (Wildman–Crippen LogP) is 4.17. The number of halogens is 1. The fourth-order valence-corrected chi connectivity index (χ4v) is 4.15. The van der Waals surface area contributed by atoms with Crippen LogP contribution >= 0.6 is 11.6 Å². The number of esters is 1. The van der Waals surface area contributed by atoms with Crippen molar-refractivity contribution in [1.29, 1.82) is 0 Å². The summed E-state index contributed by atoms with van der Waals surface area (Å²) in [5.41, 5.74) is 1.55. The van der Waals surface area contributed by atoms with E-state index in [1.54, 1.807) is 39.0 Å². The summed E-state index contributed by atoms with van der Waals surface area (Å²) in [6.45, 7) is 4.97. The van der Waals surface area contributed by atoms with E-state index in [1.165, 1.54) is 6.92 Å². The fraction of sp³-hybridized carbons (Fsp3) is 0.391. The largest absolute Gasteiger partial charge is 0.493 e. The standard InChI is InChI=1S/C23H26ClNO5/c1-14(26)30-23(2,3)22(27)25-10-9-15-12-19(28-4)20(29-5)13-18(15)21(25)16-7-6-8-17(24)11-16/h6-8,11-13,21H,9-10H2,1-5H3/t21-/m0/s1. The molecule has 3 rings (SSSR count). The van der Waals surface area contributed by atoms with Gasteiger partial charge >= 0.3 is 5.97 Å². The second-order valence-corrected chi connectivity index (χ2v) is 8.15. The molecule has 30 heavy (non-hydrogen) atoms. The Kier molecular flexibility index (Phi) is 6.27.